The van der Waals surface area contributed by atoms with Crippen molar-refractivity contribution in [1.29, 1.82) is 0 Å². The van der Waals surface area contributed by atoms with Crippen LogP contribution >= 0.6 is 0 Å². The fraction of sp³-hybridized carbons (Fsp3) is 0.895. The molecule has 0 saturated carbocycles. The number of likely N-dealkylation sites (tertiary alicyclic amines) is 1. The summed E-state index contributed by atoms with van der Waals surface area (Å²) in [6.45, 7) is 10.2. The maximum absolute atomic E-state index is 12.4. The summed E-state index contributed by atoms with van der Waals surface area (Å²) in [5.41, 5.74) is 0. The van der Waals surface area contributed by atoms with E-state index in [0.29, 0.717) is 44.2 Å². The Morgan fingerprint density at radius 1 is 1.16 bits per heavy atom. The van der Waals surface area contributed by atoms with Crippen LogP contribution in [0.4, 0.5) is 0 Å². The lowest BCUT2D eigenvalue weighted by atomic mass is 9.94. The first kappa shape index (κ1) is 21.9. The summed E-state index contributed by atoms with van der Waals surface area (Å²) in [6.07, 6.45) is 2.45. The van der Waals surface area contributed by atoms with E-state index in [9.17, 15) is 14.7 Å². The molecular weight excluding hydrogens is 318 g/mol. The molecule has 0 aromatic carbocycles. The number of nitrogens with zero attached hydrogens (tertiary/aromatic N) is 1. The lowest BCUT2D eigenvalue weighted by molar-refractivity contribution is -0.135. The Kier molecular flexibility index (Phi) is 9.43. The van der Waals surface area contributed by atoms with Crippen LogP contribution in [0, 0.1) is 17.8 Å². The predicted molar refractivity (Wildman–Crippen MR) is 100 cm³/mol. The molecular formula is C19H37N3O3. The maximum Gasteiger partial charge on any atom is 0.225 e. The summed E-state index contributed by atoms with van der Waals surface area (Å²) in [5.74, 6) is 0.896. The maximum atomic E-state index is 12.4. The van der Waals surface area contributed by atoms with Gasteiger partial charge in [-0.05, 0) is 51.6 Å². The van der Waals surface area contributed by atoms with Gasteiger partial charge in [-0.3, -0.25) is 9.59 Å². The molecule has 25 heavy (non-hydrogen) atoms. The minimum absolute atomic E-state index is 0.0269. The highest BCUT2D eigenvalue weighted by atomic mass is 16.3. The van der Waals surface area contributed by atoms with Crippen LogP contribution in [0.5, 0.6) is 0 Å². The van der Waals surface area contributed by atoms with E-state index < -0.39 is 0 Å². The Balaban J connectivity index is 2.31. The van der Waals surface area contributed by atoms with Crippen LogP contribution in [-0.4, -0.2) is 60.6 Å². The monoisotopic (exact) mass is 355 g/mol. The molecule has 1 saturated heterocycles. The average Bonchev–Trinajstić information content (AvgIpc) is 2.92. The molecule has 1 heterocycles. The van der Waals surface area contributed by atoms with Crippen LogP contribution < -0.4 is 10.6 Å². The fourth-order valence-corrected chi connectivity index (χ4v) is 3.80. The topological polar surface area (TPSA) is 81.7 Å². The molecule has 0 bridgehead atoms. The van der Waals surface area contributed by atoms with Gasteiger partial charge >= 0.3 is 0 Å². The minimum atomic E-state index is -0.389. The van der Waals surface area contributed by atoms with Gasteiger partial charge in [0.05, 0.1) is 6.10 Å². The van der Waals surface area contributed by atoms with Gasteiger partial charge < -0.3 is 20.6 Å². The van der Waals surface area contributed by atoms with E-state index in [-0.39, 0.29) is 29.9 Å². The van der Waals surface area contributed by atoms with Gasteiger partial charge in [0.2, 0.25) is 11.8 Å². The molecule has 0 aromatic heterocycles. The highest BCUT2D eigenvalue weighted by molar-refractivity contribution is 5.79. The highest BCUT2D eigenvalue weighted by Gasteiger charge is 2.28. The normalized spacial score (nSPS) is 22.3. The summed E-state index contributed by atoms with van der Waals surface area (Å²) in [7, 11) is 1.95. The number of carbonyl (C=O) groups excluding carboxylic acids is 2. The molecule has 5 atom stereocenters. The number of aliphatic hydroxyl groups is 1. The molecule has 0 radical (unpaired) electrons. The summed E-state index contributed by atoms with van der Waals surface area (Å²) < 4.78 is 0. The van der Waals surface area contributed by atoms with Gasteiger partial charge in [-0.15, -0.1) is 0 Å². The van der Waals surface area contributed by atoms with Gasteiger partial charge in [0.25, 0.3) is 0 Å². The zero-order chi connectivity index (χ0) is 19.0. The van der Waals surface area contributed by atoms with Crippen molar-refractivity contribution >= 4 is 11.8 Å². The molecule has 0 aliphatic carbocycles. The van der Waals surface area contributed by atoms with Crippen molar-refractivity contribution in [1.82, 2.24) is 15.5 Å². The van der Waals surface area contributed by atoms with E-state index >= 15 is 0 Å². The number of aliphatic hydroxyl groups excluding tert-OH is 1. The van der Waals surface area contributed by atoms with Gasteiger partial charge in [0.15, 0.2) is 0 Å². The van der Waals surface area contributed by atoms with Crippen molar-refractivity contribution in [2.75, 3.05) is 26.7 Å². The fourth-order valence-electron chi connectivity index (χ4n) is 3.80. The van der Waals surface area contributed by atoms with E-state index in [1.807, 2.05) is 20.9 Å². The van der Waals surface area contributed by atoms with Crippen molar-refractivity contribution in [3.8, 4) is 0 Å². The van der Waals surface area contributed by atoms with E-state index in [4.69, 9.17) is 0 Å². The Morgan fingerprint density at radius 3 is 2.40 bits per heavy atom. The molecule has 0 spiro atoms. The molecule has 1 rings (SSSR count). The average molecular weight is 356 g/mol. The number of amides is 2. The number of rotatable bonds is 10. The third-order valence-electron chi connectivity index (χ3n) is 4.90. The molecule has 3 N–H and O–H groups in total. The Morgan fingerprint density at radius 2 is 1.84 bits per heavy atom. The Hall–Kier alpha value is -1.14. The second kappa shape index (κ2) is 10.8. The van der Waals surface area contributed by atoms with Gasteiger partial charge in [0, 0.05) is 31.5 Å². The molecule has 1 aliphatic heterocycles. The quantitative estimate of drug-likeness (QED) is 0.553. The zero-order valence-corrected chi connectivity index (χ0v) is 16.5. The van der Waals surface area contributed by atoms with Crippen LogP contribution in [0.25, 0.3) is 0 Å². The second-order valence-electron chi connectivity index (χ2n) is 8.04. The number of hydrogen-bond acceptors (Lipinski definition) is 4. The minimum Gasteiger partial charge on any atom is -0.391 e. The van der Waals surface area contributed by atoms with E-state index in [0.717, 1.165) is 13.0 Å². The van der Waals surface area contributed by atoms with Crippen LogP contribution in [0.3, 0.4) is 0 Å². The number of nitrogens with one attached hydrogen (secondary N) is 2. The van der Waals surface area contributed by atoms with Gasteiger partial charge in [-0.25, -0.2) is 0 Å². The first-order chi connectivity index (χ1) is 11.7. The smallest absolute Gasteiger partial charge is 0.225 e. The third kappa shape index (κ3) is 8.19. The van der Waals surface area contributed by atoms with Gasteiger partial charge in [0.1, 0.15) is 0 Å². The molecule has 4 unspecified atom stereocenters. The third-order valence-corrected chi connectivity index (χ3v) is 4.90. The highest BCUT2D eigenvalue weighted by Crippen LogP contribution is 2.17. The Labute approximate surface area is 152 Å². The summed E-state index contributed by atoms with van der Waals surface area (Å²) in [4.78, 5) is 26.3. The van der Waals surface area contributed by atoms with Crippen LogP contribution in [0.2, 0.25) is 0 Å². The van der Waals surface area contributed by atoms with Crippen molar-refractivity contribution in [3.05, 3.63) is 0 Å². The molecule has 2 amide bonds. The molecule has 0 aromatic rings. The molecule has 146 valence electrons. The van der Waals surface area contributed by atoms with Crippen LogP contribution in [0.15, 0.2) is 0 Å². The number of hydrogen-bond donors (Lipinski definition) is 3. The molecule has 6 heteroatoms. The summed E-state index contributed by atoms with van der Waals surface area (Å²) in [6, 6.07) is -0.0269. The van der Waals surface area contributed by atoms with Crippen molar-refractivity contribution in [3.63, 3.8) is 0 Å². The lowest BCUT2D eigenvalue weighted by Crippen LogP contribution is -2.39. The van der Waals surface area contributed by atoms with Crippen molar-refractivity contribution in [2.24, 2.45) is 17.8 Å². The number of β-amino-alcohol motifs (C(OH)–C–C–N with tert-alkyl or cyclic N) is 1. The van der Waals surface area contributed by atoms with Gasteiger partial charge in [-0.2, -0.15) is 0 Å². The SMILES string of the molecule is CNCC(C)CC(C)CC(=O)NC(C)CC(C)C(=O)N1CC[C@@H](O)C1. The molecule has 1 aliphatic rings. The largest absolute Gasteiger partial charge is 0.391 e. The van der Waals surface area contributed by atoms with E-state index in [1.54, 1.807) is 4.90 Å². The van der Waals surface area contributed by atoms with Crippen molar-refractivity contribution in [2.45, 2.75) is 65.5 Å². The first-order valence-electron chi connectivity index (χ1n) is 9.63. The summed E-state index contributed by atoms with van der Waals surface area (Å²) >= 11 is 0. The zero-order valence-electron chi connectivity index (χ0n) is 16.5. The van der Waals surface area contributed by atoms with Gasteiger partial charge in [-0.1, -0.05) is 20.8 Å². The van der Waals surface area contributed by atoms with Crippen LogP contribution in [-0.2, 0) is 9.59 Å². The predicted octanol–water partition coefficient (Wildman–Crippen LogP) is 1.38. The standard InChI is InChI=1S/C19H37N3O3/c1-13(8-14(2)11-20-5)9-18(24)21-16(4)10-15(3)19(25)22-7-6-17(23)12-22/h13-17,20,23H,6-12H2,1-5H3,(H,21,24)/t13?,14?,15?,16?,17-/m1/s1. The van der Waals surface area contributed by atoms with E-state index in [1.165, 1.54) is 0 Å². The first-order valence-corrected chi connectivity index (χ1v) is 9.63. The van der Waals surface area contributed by atoms with E-state index in [2.05, 4.69) is 24.5 Å². The van der Waals surface area contributed by atoms with Crippen LogP contribution in [0.1, 0.15) is 53.4 Å². The van der Waals surface area contributed by atoms with Crippen molar-refractivity contribution < 1.29 is 14.7 Å². The molecule has 6 nitrogen and oxygen atoms in total. The number of carbonyl (C=O) groups is 2. The second-order valence-corrected chi connectivity index (χ2v) is 8.04. The lowest BCUT2D eigenvalue weighted by Gasteiger charge is -2.24. The molecule has 1 fully saturated rings. The summed E-state index contributed by atoms with van der Waals surface area (Å²) in [5, 5.41) is 15.7. The Bertz CT molecular complexity index is 430.